The smallest absolute Gasteiger partial charge is 0.121 e. The van der Waals surface area contributed by atoms with Crippen molar-refractivity contribution < 1.29 is 4.42 Å². The maximum atomic E-state index is 5.98. The number of rotatable bonds is 6. The van der Waals surface area contributed by atoms with Crippen LogP contribution >= 0.6 is 0 Å². The summed E-state index contributed by atoms with van der Waals surface area (Å²) in [6, 6.07) is 4.80. The first-order valence-corrected chi connectivity index (χ1v) is 7.38. The molecule has 0 aliphatic carbocycles. The molecule has 102 valence electrons. The summed E-state index contributed by atoms with van der Waals surface area (Å²) < 4.78 is 5.98. The minimum Gasteiger partial charge on any atom is -0.464 e. The van der Waals surface area contributed by atoms with Crippen molar-refractivity contribution in [3.8, 4) is 0 Å². The Morgan fingerprint density at radius 2 is 2.06 bits per heavy atom. The van der Waals surface area contributed by atoms with Gasteiger partial charge in [0.2, 0.25) is 0 Å². The number of nitrogens with zero attached hydrogens (tertiary/aromatic N) is 1. The summed E-state index contributed by atoms with van der Waals surface area (Å²) in [5.41, 5.74) is 0. The third-order valence-electron chi connectivity index (χ3n) is 3.78. The van der Waals surface area contributed by atoms with E-state index >= 15 is 0 Å². The Bertz CT molecular complexity index is 342. The molecule has 0 amide bonds. The van der Waals surface area contributed by atoms with Crippen LogP contribution in [0.1, 0.15) is 50.7 Å². The molecule has 1 aliphatic heterocycles. The molecule has 2 heterocycles. The molecule has 0 bridgehead atoms. The van der Waals surface area contributed by atoms with Crippen LogP contribution in [0.15, 0.2) is 16.5 Å². The molecule has 1 saturated heterocycles. The number of hydrogen-bond donors (Lipinski definition) is 1. The van der Waals surface area contributed by atoms with E-state index in [4.69, 9.17) is 4.42 Å². The SMILES string of the molecule is CCCC[C@@H](c1ccc(CC)o1)N1CCNCC1. The van der Waals surface area contributed by atoms with Crippen molar-refractivity contribution in [3.05, 3.63) is 23.7 Å². The number of furan rings is 1. The molecule has 0 radical (unpaired) electrons. The van der Waals surface area contributed by atoms with E-state index in [0.717, 1.165) is 38.4 Å². The molecular weight excluding hydrogens is 224 g/mol. The van der Waals surface area contributed by atoms with Gasteiger partial charge in [-0.2, -0.15) is 0 Å². The van der Waals surface area contributed by atoms with Gasteiger partial charge in [0.15, 0.2) is 0 Å². The largest absolute Gasteiger partial charge is 0.464 e. The average Bonchev–Trinajstić information content (AvgIpc) is 2.89. The lowest BCUT2D eigenvalue weighted by Gasteiger charge is -2.33. The van der Waals surface area contributed by atoms with Gasteiger partial charge in [-0.15, -0.1) is 0 Å². The van der Waals surface area contributed by atoms with Gasteiger partial charge in [0.25, 0.3) is 0 Å². The quantitative estimate of drug-likeness (QED) is 0.841. The molecule has 1 fully saturated rings. The van der Waals surface area contributed by atoms with Gasteiger partial charge >= 0.3 is 0 Å². The Hall–Kier alpha value is -0.800. The Morgan fingerprint density at radius 1 is 1.28 bits per heavy atom. The first-order valence-electron chi connectivity index (χ1n) is 7.38. The van der Waals surface area contributed by atoms with Crippen molar-refractivity contribution in [2.75, 3.05) is 26.2 Å². The zero-order valence-corrected chi connectivity index (χ0v) is 11.7. The van der Waals surface area contributed by atoms with Crippen molar-refractivity contribution in [2.24, 2.45) is 0 Å². The van der Waals surface area contributed by atoms with Crippen LogP contribution in [0.2, 0.25) is 0 Å². The first-order chi connectivity index (χ1) is 8.85. The predicted octanol–water partition coefficient (Wildman–Crippen LogP) is 2.98. The van der Waals surface area contributed by atoms with Crippen molar-refractivity contribution in [1.29, 1.82) is 0 Å². The number of piperazine rings is 1. The Labute approximate surface area is 111 Å². The van der Waals surface area contributed by atoms with Gasteiger partial charge in [-0.25, -0.2) is 0 Å². The Morgan fingerprint density at radius 3 is 2.67 bits per heavy atom. The van der Waals surface area contributed by atoms with Crippen molar-refractivity contribution in [2.45, 2.75) is 45.6 Å². The molecule has 0 unspecified atom stereocenters. The van der Waals surface area contributed by atoms with Crippen LogP contribution in [0.4, 0.5) is 0 Å². The maximum Gasteiger partial charge on any atom is 0.121 e. The van der Waals surface area contributed by atoms with Crippen molar-refractivity contribution in [3.63, 3.8) is 0 Å². The van der Waals surface area contributed by atoms with Gasteiger partial charge in [0, 0.05) is 32.6 Å². The molecule has 1 atom stereocenters. The molecule has 1 aromatic rings. The highest BCUT2D eigenvalue weighted by Gasteiger charge is 2.24. The van der Waals surface area contributed by atoms with Crippen LogP contribution in [-0.2, 0) is 6.42 Å². The summed E-state index contributed by atoms with van der Waals surface area (Å²) in [6.45, 7) is 8.88. The second-order valence-electron chi connectivity index (χ2n) is 5.10. The van der Waals surface area contributed by atoms with Gasteiger partial charge < -0.3 is 9.73 Å². The molecule has 0 aromatic carbocycles. The first kappa shape index (κ1) is 13.6. The molecule has 3 nitrogen and oxygen atoms in total. The monoisotopic (exact) mass is 250 g/mol. The Kier molecular flexibility index (Phi) is 5.26. The molecule has 3 heteroatoms. The van der Waals surface area contributed by atoms with E-state index in [1.807, 2.05) is 0 Å². The predicted molar refractivity (Wildman–Crippen MR) is 74.8 cm³/mol. The van der Waals surface area contributed by atoms with E-state index in [9.17, 15) is 0 Å². The molecule has 0 saturated carbocycles. The second-order valence-corrected chi connectivity index (χ2v) is 5.10. The van der Waals surface area contributed by atoms with Crippen molar-refractivity contribution >= 4 is 0 Å². The van der Waals surface area contributed by atoms with E-state index in [-0.39, 0.29) is 0 Å². The van der Waals surface area contributed by atoms with E-state index in [0.29, 0.717) is 6.04 Å². The summed E-state index contributed by atoms with van der Waals surface area (Å²) >= 11 is 0. The third kappa shape index (κ3) is 3.36. The average molecular weight is 250 g/mol. The van der Waals surface area contributed by atoms with Gasteiger partial charge in [-0.1, -0.05) is 26.7 Å². The summed E-state index contributed by atoms with van der Waals surface area (Å²) in [5, 5.41) is 3.42. The summed E-state index contributed by atoms with van der Waals surface area (Å²) in [7, 11) is 0. The normalized spacial score (nSPS) is 19.0. The van der Waals surface area contributed by atoms with E-state index in [1.54, 1.807) is 0 Å². The van der Waals surface area contributed by atoms with Gasteiger partial charge in [0.05, 0.1) is 6.04 Å². The molecular formula is C15H26N2O. The lowest BCUT2D eigenvalue weighted by Crippen LogP contribution is -2.45. The van der Waals surface area contributed by atoms with Crippen LogP contribution in [0, 0.1) is 0 Å². The molecule has 1 aromatic heterocycles. The standard InChI is InChI=1S/C15H26N2O/c1-3-5-6-14(17-11-9-16-10-12-17)15-8-7-13(4-2)18-15/h7-8,14,16H,3-6,9-12H2,1-2H3/t14-/m0/s1. The minimum absolute atomic E-state index is 0.479. The fourth-order valence-electron chi connectivity index (χ4n) is 2.66. The van der Waals surface area contributed by atoms with Crippen LogP contribution in [0.25, 0.3) is 0 Å². The summed E-state index contributed by atoms with van der Waals surface area (Å²) in [5.74, 6) is 2.28. The van der Waals surface area contributed by atoms with E-state index < -0.39 is 0 Å². The maximum absolute atomic E-state index is 5.98. The molecule has 1 N–H and O–H groups in total. The number of aryl methyl sites for hydroxylation is 1. The summed E-state index contributed by atoms with van der Waals surface area (Å²) in [6.07, 6.45) is 4.73. The highest BCUT2D eigenvalue weighted by Crippen LogP contribution is 2.28. The third-order valence-corrected chi connectivity index (χ3v) is 3.78. The van der Waals surface area contributed by atoms with Crippen LogP contribution < -0.4 is 5.32 Å². The lowest BCUT2D eigenvalue weighted by atomic mass is 10.0. The summed E-state index contributed by atoms with van der Waals surface area (Å²) in [4.78, 5) is 2.57. The fraction of sp³-hybridized carbons (Fsp3) is 0.733. The van der Waals surface area contributed by atoms with Crippen molar-refractivity contribution in [1.82, 2.24) is 10.2 Å². The highest BCUT2D eigenvalue weighted by atomic mass is 16.3. The number of nitrogens with one attached hydrogen (secondary N) is 1. The molecule has 0 spiro atoms. The minimum atomic E-state index is 0.479. The molecule has 2 rings (SSSR count). The van der Waals surface area contributed by atoms with Crippen LogP contribution in [-0.4, -0.2) is 31.1 Å². The Balaban J connectivity index is 2.07. The zero-order valence-electron chi connectivity index (χ0n) is 11.7. The van der Waals surface area contributed by atoms with E-state index in [1.165, 1.54) is 25.0 Å². The zero-order chi connectivity index (χ0) is 12.8. The van der Waals surface area contributed by atoms with Gasteiger partial charge in [-0.05, 0) is 18.6 Å². The molecule has 18 heavy (non-hydrogen) atoms. The second kappa shape index (κ2) is 6.95. The van der Waals surface area contributed by atoms with Crippen LogP contribution in [0.5, 0.6) is 0 Å². The fourth-order valence-corrected chi connectivity index (χ4v) is 2.66. The number of hydrogen-bond acceptors (Lipinski definition) is 3. The van der Waals surface area contributed by atoms with E-state index in [2.05, 4.69) is 36.2 Å². The molecule has 1 aliphatic rings. The lowest BCUT2D eigenvalue weighted by molar-refractivity contribution is 0.143. The van der Waals surface area contributed by atoms with Gasteiger partial charge in [0.1, 0.15) is 11.5 Å². The van der Waals surface area contributed by atoms with Crippen LogP contribution in [0.3, 0.4) is 0 Å². The topological polar surface area (TPSA) is 28.4 Å². The highest BCUT2D eigenvalue weighted by molar-refractivity contribution is 5.11. The number of unbranched alkanes of at least 4 members (excludes halogenated alkanes) is 1. The van der Waals surface area contributed by atoms with Gasteiger partial charge in [-0.3, -0.25) is 4.90 Å².